The van der Waals surface area contributed by atoms with Gasteiger partial charge in [-0.05, 0) is 12.5 Å². The summed E-state index contributed by atoms with van der Waals surface area (Å²) in [5, 5.41) is 13.2. The smallest absolute Gasteiger partial charge is 0.212 e. The monoisotopic (exact) mass is 264 g/mol. The number of ether oxygens (including phenoxy) is 1. The number of nitrogens with zero attached hydrogens (tertiary/aromatic N) is 3. The molecule has 0 aliphatic heterocycles. The Morgan fingerprint density at radius 3 is 2.89 bits per heavy atom. The third-order valence-electron chi connectivity index (χ3n) is 2.42. The zero-order valence-electron chi connectivity index (χ0n) is 10.5. The second-order valence-corrected chi connectivity index (χ2v) is 4.76. The molecule has 5 nitrogen and oxygen atoms in total. The van der Waals surface area contributed by atoms with Crippen LogP contribution in [-0.4, -0.2) is 28.8 Å². The highest BCUT2D eigenvalue weighted by Gasteiger charge is 2.06. The lowest BCUT2D eigenvalue weighted by atomic mass is 10.3. The van der Waals surface area contributed by atoms with Crippen molar-refractivity contribution in [1.82, 2.24) is 15.2 Å². The van der Waals surface area contributed by atoms with Crippen molar-refractivity contribution in [2.45, 2.75) is 19.8 Å². The molecule has 1 N–H and O–H groups in total. The van der Waals surface area contributed by atoms with Crippen molar-refractivity contribution in [2.75, 3.05) is 19.0 Å². The standard InChI is InChI=1S/C12H16N4OS/c1-3-4-7-13-12-16-15-11(18-12)9-5-6-10(17-2)14-8-9/h5-6,8H,3-4,7H2,1-2H3,(H,13,16). The summed E-state index contributed by atoms with van der Waals surface area (Å²) >= 11 is 1.54. The summed E-state index contributed by atoms with van der Waals surface area (Å²) in [7, 11) is 1.60. The first kappa shape index (κ1) is 12.8. The Hall–Kier alpha value is -1.69. The highest BCUT2D eigenvalue weighted by Crippen LogP contribution is 2.26. The van der Waals surface area contributed by atoms with Crippen LogP contribution in [0.25, 0.3) is 10.6 Å². The van der Waals surface area contributed by atoms with Gasteiger partial charge in [-0.15, -0.1) is 10.2 Å². The van der Waals surface area contributed by atoms with Crippen molar-refractivity contribution in [3.05, 3.63) is 18.3 Å². The van der Waals surface area contributed by atoms with E-state index >= 15 is 0 Å². The summed E-state index contributed by atoms with van der Waals surface area (Å²) in [6, 6.07) is 3.75. The summed E-state index contributed by atoms with van der Waals surface area (Å²) in [6.45, 7) is 3.10. The molecule has 18 heavy (non-hydrogen) atoms. The minimum absolute atomic E-state index is 0.601. The van der Waals surface area contributed by atoms with E-state index in [1.165, 1.54) is 17.8 Å². The van der Waals surface area contributed by atoms with E-state index in [2.05, 4.69) is 27.4 Å². The highest BCUT2D eigenvalue weighted by molar-refractivity contribution is 7.18. The SMILES string of the molecule is CCCCNc1nnc(-c2ccc(OC)nc2)s1. The van der Waals surface area contributed by atoms with E-state index in [4.69, 9.17) is 4.74 Å². The molecule has 0 saturated heterocycles. The van der Waals surface area contributed by atoms with E-state index in [1.54, 1.807) is 13.3 Å². The Labute approximate surface area is 110 Å². The van der Waals surface area contributed by atoms with E-state index < -0.39 is 0 Å². The molecule has 2 aromatic rings. The van der Waals surface area contributed by atoms with Crippen LogP contribution in [0.1, 0.15) is 19.8 Å². The molecule has 0 bridgehead atoms. The molecule has 0 fully saturated rings. The van der Waals surface area contributed by atoms with Gasteiger partial charge < -0.3 is 10.1 Å². The number of aromatic nitrogens is 3. The summed E-state index contributed by atoms with van der Waals surface area (Å²) in [5.41, 5.74) is 0.955. The topological polar surface area (TPSA) is 59.9 Å². The quantitative estimate of drug-likeness (QED) is 0.813. The van der Waals surface area contributed by atoms with Gasteiger partial charge in [0.05, 0.1) is 7.11 Å². The number of methoxy groups -OCH3 is 1. The van der Waals surface area contributed by atoms with E-state index in [1.807, 2.05) is 12.1 Å². The maximum absolute atomic E-state index is 5.02. The minimum Gasteiger partial charge on any atom is -0.481 e. The number of unbranched alkanes of at least 4 members (excludes halogenated alkanes) is 1. The zero-order chi connectivity index (χ0) is 12.8. The van der Waals surface area contributed by atoms with Gasteiger partial charge in [0.2, 0.25) is 11.0 Å². The predicted octanol–water partition coefficient (Wildman–Crippen LogP) is 2.82. The molecule has 0 saturated carbocycles. The van der Waals surface area contributed by atoms with Gasteiger partial charge in [0.25, 0.3) is 0 Å². The van der Waals surface area contributed by atoms with E-state index in [-0.39, 0.29) is 0 Å². The van der Waals surface area contributed by atoms with Gasteiger partial charge >= 0.3 is 0 Å². The Kier molecular flexibility index (Phi) is 4.46. The van der Waals surface area contributed by atoms with Crippen LogP contribution in [0.15, 0.2) is 18.3 Å². The van der Waals surface area contributed by atoms with Crippen molar-refractivity contribution in [2.24, 2.45) is 0 Å². The average molecular weight is 264 g/mol. The van der Waals surface area contributed by atoms with Gasteiger partial charge in [-0.1, -0.05) is 24.7 Å². The van der Waals surface area contributed by atoms with Gasteiger partial charge in [0.15, 0.2) is 5.01 Å². The first-order valence-corrected chi connectivity index (χ1v) is 6.73. The van der Waals surface area contributed by atoms with Crippen LogP contribution in [0, 0.1) is 0 Å². The van der Waals surface area contributed by atoms with Crippen LogP contribution in [0.3, 0.4) is 0 Å². The third kappa shape index (κ3) is 3.16. The van der Waals surface area contributed by atoms with E-state index in [0.717, 1.165) is 28.7 Å². The van der Waals surface area contributed by atoms with Gasteiger partial charge in [-0.25, -0.2) is 4.98 Å². The van der Waals surface area contributed by atoms with Gasteiger partial charge in [0, 0.05) is 24.4 Å². The Morgan fingerprint density at radius 1 is 1.33 bits per heavy atom. The molecule has 0 aliphatic rings. The minimum atomic E-state index is 0.601. The van der Waals surface area contributed by atoms with Crippen molar-refractivity contribution in [3.8, 4) is 16.5 Å². The van der Waals surface area contributed by atoms with Crippen LogP contribution in [0.2, 0.25) is 0 Å². The number of pyridine rings is 1. The van der Waals surface area contributed by atoms with Crippen LogP contribution in [0.5, 0.6) is 5.88 Å². The molecule has 0 aromatic carbocycles. The molecule has 2 aromatic heterocycles. The highest BCUT2D eigenvalue weighted by atomic mass is 32.1. The fraction of sp³-hybridized carbons (Fsp3) is 0.417. The molecule has 0 spiro atoms. The van der Waals surface area contributed by atoms with Crippen LogP contribution < -0.4 is 10.1 Å². The number of hydrogen-bond donors (Lipinski definition) is 1. The van der Waals surface area contributed by atoms with E-state index in [9.17, 15) is 0 Å². The van der Waals surface area contributed by atoms with E-state index in [0.29, 0.717) is 5.88 Å². The predicted molar refractivity (Wildman–Crippen MR) is 73.1 cm³/mol. The third-order valence-corrected chi connectivity index (χ3v) is 3.35. The molecule has 6 heteroatoms. The van der Waals surface area contributed by atoms with Gasteiger partial charge in [-0.3, -0.25) is 0 Å². The molecule has 2 rings (SSSR count). The average Bonchev–Trinajstić information content (AvgIpc) is 2.88. The lowest BCUT2D eigenvalue weighted by Crippen LogP contribution is -1.99. The molecule has 2 heterocycles. The molecule has 0 amide bonds. The number of anilines is 1. The van der Waals surface area contributed by atoms with Crippen molar-refractivity contribution in [3.63, 3.8) is 0 Å². The summed E-state index contributed by atoms with van der Waals surface area (Å²) in [4.78, 5) is 4.15. The fourth-order valence-corrected chi connectivity index (χ4v) is 2.17. The Morgan fingerprint density at radius 2 is 2.22 bits per heavy atom. The van der Waals surface area contributed by atoms with Gasteiger partial charge in [-0.2, -0.15) is 0 Å². The van der Waals surface area contributed by atoms with Crippen molar-refractivity contribution in [1.29, 1.82) is 0 Å². The van der Waals surface area contributed by atoms with Crippen molar-refractivity contribution < 1.29 is 4.74 Å². The van der Waals surface area contributed by atoms with Crippen molar-refractivity contribution >= 4 is 16.5 Å². The number of rotatable bonds is 6. The maximum Gasteiger partial charge on any atom is 0.212 e. The first-order chi connectivity index (χ1) is 8.83. The number of nitrogens with one attached hydrogen (secondary N) is 1. The molecule has 96 valence electrons. The molecule has 0 aliphatic carbocycles. The zero-order valence-corrected chi connectivity index (χ0v) is 11.3. The Balaban J connectivity index is 2.04. The first-order valence-electron chi connectivity index (χ1n) is 5.91. The second kappa shape index (κ2) is 6.30. The fourth-order valence-electron chi connectivity index (χ4n) is 1.41. The normalized spacial score (nSPS) is 10.3. The number of hydrogen-bond acceptors (Lipinski definition) is 6. The van der Waals surface area contributed by atoms with Crippen LogP contribution in [-0.2, 0) is 0 Å². The van der Waals surface area contributed by atoms with Crippen LogP contribution in [0.4, 0.5) is 5.13 Å². The summed E-state index contributed by atoms with van der Waals surface area (Å²) in [6.07, 6.45) is 4.05. The Bertz CT molecular complexity index is 483. The molecular weight excluding hydrogens is 248 g/mol. The molecule has 0 radical (unpaired) electrons. The largest absolute Gasteiger partial charge is 0.481 e. The van der Waals surface area contributed by atoms with Gasteiger partial charge in [0.1, 0.15) is 0 Å². The summed E-state index contributed by atoms with van der Waals surface area (Å²) < 4.78 is 5.02. The van der Waals surface area contributed by atoms with Crippen LogP contribution >= 0.6 is 11.3 Å². The second-order valence-electron chi connectivity index (χ2n) is 3.78. The molecule has 0 atom stereocenters. The molecular formula is C12H16N4OS. The summed E-state index contributed by atoms with van der Waals surface area (Å²) in [5.74, 6) is 0.601. The molecule has 0 unspecified atom stereocenters. The lowest BCUT2D eigenvalue weighted by molar-refractivity contribution is 0.398. The lowest BCUT2D eigenvalue weighted by Gasteiger charge is -1.99. The maximum atomic E-state index is 5.02.